The largest absolute Gasteiger partial charge is 1.00 e. The van der Waals surface area contributed by atoms with Crippen LogP contribution in [0.1, 0.15) is 5.56 Å². The maximum absolute atomic E-state index is 10.5. The summed E-state index contributed by atoms with van der Waals surface area (Å²) >= 11 is 4.99. The monoisotopic (exact) mass is 204 g/mol. The van der Waals surface area contributed by atoms with Gasteiger partial charge in [0.1, 0.15) is 0 Å². The second-order valence-corrected chi connectivity index (χ2v) is 2.88. The molecule has 0 heterocycles. The van der Waals surface area contributed by atoms with E-state index < -0.39 is 6.03 Å². The quantitative estimate of drug-likeness (QED) is 0.427. The third-order valence-electron chi connectivity index (χ3n) is 1.48. The Labute approximate surface area is 105 Å². The molecule has 3 N–H and O–H groups in total. The molecule has 1 rings (SSSR count). The maximum atomic E-state index is 10.5. The van der Waals surface area contributed by atoms with E-state index in [1.54, 1.807) is 6.07 Å². The van der Waals surface area contributed by atoms with Crippen molar-refractivity contribution in [1.82, 2.24) is 0 Å². The van der Waals surface area contributed by atoms with Gasteiger partial charge in [-0.05, 0) is 12.5 Å². The zero-order valence-electron chi connectivity index (χ0n) is 7.63. The van der Waals surface area contributed by atoms with Gasteiger partial charge in [-0.3, -0.25) is 0 Å². The minimum atomic E-state index is -0.588. The predicted molar refractivity (Wildman–Crippen MR) is 50.0 cm³/mol. The Morgan fingerprint density at radius 3 is 2.62 bits per heavy atom. The molecule has 0 aromatic heterocycles. The molecule has 2 amide bonds. The Balaban J connectivity index is 0.00000144. The van der Waals surface area contributed by atoms with Crippen molar-refractivity contribution in [2.45, 2.75) is 11.8 Å². The van der Waals surface area contributed by atoms with Crippen molar-refractivity contribution in [3.05, 3.63) is 23.8 Å². The molecule has 0 bridgehead atoms. The van der Waals surface area contributed by atoms with Crippen LogP contribution in [0.2, 0.25) is 0 Å². The molecule has 64 valence electrons. The molecule has 1 aromatic rings. The molecule has 1 aromatic carbocycles. The second-order valence-electron chi connectivity index (χ2n) is 2.44. The Morgan fingerprint density at radius 1 is 1.54 bits per heavy atom. The molecule has 3 nitrogen and oxygen atoms in total. The first-order valence-corrected chi connectivity index (χ1v) is 3.85. The van der Waals surface area contributed by atoms with Crippen LogP contribution in [0.3, 0.4) is 0 Å². The molecule has 0 spiro atoms. The van der Waals surface area contributed by atoms with Crippen molar-refractivity contribution in [2.24, 2.45) is 5.73 Å². The van der Waals surface area contributed by atoms with Gasteiger partial charge in [0.15, 0.2) is 0 Å². The first-order valence-electron chi connectivity index (χ1n) is 3.44. The average molecular weight is 204 g/mol. The predicted octanol–water partition coefficient (Wildman–Crippen LogP) is -1.60. The number of hydrogen-bond acceptors (Lipinski definition) is 2. The number of rotatable bonds is 1. The number of aryl methyl sites for hydroxylation is 1. The minimum absolute atomic E-state index is 0. The van der Waals surface area contributed by atoms with Crippen molar-refractivity contribution >= 4 is 24.3 Å². The fourth-order valence-electron chi connectivity index (χ4n) is 0.924. The number of benzene rings is 1. The fraction of sp³-hybridized carbons (Fsp3) is 0.125. The minimum Gasteiger partial charge on any atom is -0.778 e. The number of carbonyl (C=O) groups excluding carboxylic acids is 1. The van der Waals surface area contributed by atoms with Crippen molar-refractivity contribution in [3.8, 4) is 0 Å². The number of anilines is 1. The van der Waals surface area contributed by atoms with Gasteiger partial charge in [-0.2, -0.15) is 4.90 Å². The van der Waals surface area contributed by atoms with E-state index in [1.807, 2.05) is 19.1 Å². The number of hydrogen-bond donors (Lipinski definition) is 2. The van der Waals surface area contributed by atoms with Gasteiger partial charge >= 0.3 is 35.6 Å². The van der Waals surface area contributed by atoms with E-state index >= 15 is 0 Å². The smallest absolute Gasteiger partial charge is 0.778 e. The van der Waals surface area contributed by atoms with E-state index in [2.05, 4.69) is 5.32 Å². The normalized spacial score (nSPS) is 8.69. The third kappa shape index (κ3) is 3.52. The van der Waals surface area contributed by atoms with Gasteiger partial charge in [0.25, 0.3) is 0 Å². The van der Waals surface area contributed by atoms with Gasteiger partial charge in [0.05, 0.1) is 0 Å². The summed E-state index contributed by atoms with van der Waals surface area (Å²) in [6.45, 7) is 1.86. The number of carbonyl (C=O) groups is 1. The molecular weight excluding hydrogens is 195 g/mol. The van der Waals surface area contributed by atoms with Crippen LogP contribution >= 0.6 is 0 Å². The van der Waals surface area contributed by atoms with E-state index in [4.69, 9.17) is 18.4 Å². The van der Waals surface area contributed by atoms with Crippen LogP contribution in [0.15, 0.2) is 23.1 Å². The second kappa shape index (κ2) is 5.44. The van der Waals surface area contributed by atoms with Crippen LogP contribution in [-0.2, 0) is 12.6 Å². The molecule has 0 saturated heterocycles. The zero-order valence-corrected chi connectivity index (χ0v) is 10.4. The number of primary amides is 1. The van der Waals surface area contributed by atoms with E-state index in [0.717, 1.165) is 5.56 Å². The first-order chi connectivity index (χ1) is 5.61. The topological polar surface area (TPSA) is 55.1 Å². The van der Waals surface area contributed by atoms with Gasteiger partial charge in [-0.15, -0.1) is 0 Å². The fourth-order valence-corrected chi connectivity index (χ4v) is 1.21. The van der Waals surface area contributed by atoms with Crippen LogP contribution in [0.5, 0.6) is 0 Å². The van der Waals surface area contributed by atoms with Gasteiger partial charge in [0.2, 0.25) is 0 Å². The number of nitrogens with two attached hydrogens (primary N) is 1. The molecule has 0 aliphatic rings. The molecule has 0 fully saturated rings. The van der Waals surface area contributed by atoms with Crippen LogP contribution in [0, 0.1) is 6.92 Å². The Bertz CT molecular complexity index is 297. The summed E-state index contributed by atoms with van der Waals surface area (Å²) in [5, 5.41) is 2.48. The van der Waals surface area contributed by atoms with Gasteiger partial charge in [-0.1, -0.05) is 18.2 Å². The first kappa shape index (κ1) is 12.7. The zero-order chi connectivity index (χ0) is 9.14. The summed E-state index contributed by atoms with van der Waals surface area (Å²) in [6.07, 6.45) is 0. The summed E-state index contributed by atoms with van der Waals surface area (Å²) in [5.74, 6) is 0. The van der Waals surface area contributed by atoms with E-state index in [0.29, 0.717) is 10.6 Å². The molecule has 0 aliphatic carbocycles. The molecule has 0 saturated carbocycles. The van der Waals surface area contributed by atoms with Crippen LogP contribution in [-0.4, -0.2) is 6.03 Å². The van der Waals surface area contributed by atoms with Crippen LogP contribution < -0.4 is 40.6 Å². The standard InChI is InChI=1S/C8H10N2OS.Na/c1-5-3-2-4-6(12)7(5)10-8(9)11;/h2-4,12H,1H3,(H3,9,10,11);/q;+1/p-1. The molecule has 0 aliphatic heterocycles. The number of urea groups is 1. The van der Waals surface area contributed by atoms with E-state index in [9.17, 15) is 4.79 Å². The van der Waals surface area contributed by atoms with Crippen molar-refractivity contribution in [3.63, 3.8) is 0 Å². The average Bonchev–Trinajstić information content (AvgIpc) is 1.97. The summed E-state index contributed by atoms with van der Waals surface area (Å²) in [6, 6.07) is 4.86. The maximum Gasteiger partial charge on any atom is 1.00 e. The summed E-state index contributed by atoms with van der Waals surface area (Å²) in [5.41, 5.74) is 6.51. The van der Waals surface area contributed by atoms with Crippen LogP contribution in [0.25, 0.3) is 0 Å². The number of para-hydroxylation sites is 1. The van der Waals surface area contributed by atoms with Gasteiger partial charge < -0.3 is 23.7 Å². The molecule has 0 unspecified atom stereocenters. The third-order valence-corrected chi connectivity index (χ3v) is 1.82. The summed E-state index contributed by atoms with van der Waals surface area (Å²) < 4.78 is 0. The SMILES string of the molecule is Cc1cccc([S-])c1NC(N)=O.[Na+]. The number of amides is 2. The number of nitrogens with one attached hydrogen (secondary N) is 1. The molecule has 0 radical (unpaired) electrons. The Hall–Kier alpha value is -0.290. The van der Waals surface area contributed by atoms with E-state index in [1.165, 1.54) is 0 Å². The van der Waals surface area contributed by atoms with Gasteiger partial charge in [0, 0.05) is 5.69 Å². The Kier molecular flexibility index (Phi) is 5.32. The van der Waals surface area contributed by atoms with Gasteiger partial charge in [-0.25, -0.2) is 4.79 Å². The van der Waals surface area contributed by atoms with Crippen molar-refractivity contribution in [2.75, 3.05) is 5.32 Å². The van der Waals surface area contributed by atoms with Crippen molar-refractivity contribution in [1.29, 1.82) is 0 Å². The molecule has 0 atom stereocenters. The van der Waals surface area contributed by atoms with E-state index in [-0.39, 0.29) is 29.6 Å². The molecule has 13 heavy (non-hydrogen) atoms. The van der Waals surface area contributed by atoms with Crippen LogP contribution in [0.4, 0.5) is 10.5 Å². The van der Waals surface area contributed by atoms with Crippen molar-refractivity contribution < 1.29 is 34.4 Å². The molecular formula is C8H9N2NaOS. The Morgan fingerprint density at radius 2 is 2.15 bits per heavy atom. The molecule has 5 heteroatoms. The summed E-state index contributed by atoms with van der Waals surface area (Å²) in [4.78, 5) is 11.1. The summed E-state index contributed by atoms with van der Waals surface area (Å²) in [7, 11) is 0.